The molecule has 1 heterocycles. The van der Waals surface area contributed by atoms with E-state index in [1.165, 1.54) is 16.8 Å². The van der Waals surface area contributed by atoms with E-state index in [9.17, 15) is 15.0 Å². The number of carboxylic acid groups (broad SMARTS) is 1. The van der Waals surface area contributed by atoms with Gasteiger partial charge in [0, 0.05) is 5.41 Å². The van der Waals surface area contributed by atoms with Gasteiger partial charge in [0.25, 0.3) is 0 Å². The summed E-state index contributed by atoms with van der Waals surface area (Å²) in [5.74, 6) is -1.65. The van der Waals surface area contributed by atoms with Crippen molar-refractivity contribution in [2.75, 3.05) is 0 Å². The number of carbonyl (C=O) groups is 1. The van der Waals surface area contributed by atoms with Crippen molar-refractivity contribution in [1.29, 1.82) is 0 Å². The third kappa shape index (κ3) is 4.03. The van der Waals surface area contributed by atoms with E-state index in [1.807, 2.05) is 52.8 Å². The van der Waals surface area contributed by atoms with Gasteiger partial charge in [-0.3, -0.25) is 0 Å². The van der Waals surface area contributed by atoms with E-state index >= 15 is 0 Å². The first-order chi connectivity index (χ1) is 14.0. The summed E-state index contributed by atoms with van der Waals surface area (Å²) in [4.78, 5) is 11.0. The Morgan fingerprint density at radius 2 is 1.70 bits per heavy atom. The largest absolute Gasteiger partial charge is 0.506 e. The maximum absolute atomic E-state index is 11.0. The minimum atomic E-state index is -1.16. The lowest BCUT2D eigenvalue weighted by Gasteiger charge is -2.15. The molecule has 2 aromatic carbocycles. The van der Waals surface area contributed by atoms with Gasteiger partial charge < -0.3 is 15.3 Å². The summed E-state index contributed by atoms with van der Waals surface area (Å²) in [5.41, 5.74) is 3.17. The maximum atomic E-state index is 11.0. The summed E-state index contributed by atoms with van der Waals surface area (Å²) < 4.78 is 1.41. The highest BCUT2D eigenvalue weighted by Gasteiger charge is 2.28. The molecule has 3 rings (SSSR count). The van der Waals surface area contributed by atoms with Crippen molar-refractivity contribution < 1.29 is 20.1 Å². The molecular weight excluding hydrogens is 384 g/mol. The molecule has 0 saturated heterocycles. The average molecular weight is 408 g/mol. The van der Waals surface area contributed by atoms with E-state index < -0.39 is 11.4 Å². The normalized spacial score (nSPS) is 11.9. The Morgan fingerprint density at radius 1 is 1.00 bits per heavy atom. The fourth-order valence-electron chi connectivity index (χ4n) is 2.88. The second-order valence-corrected chi connectivity index (χ2v) is 8.16. The van der Waals surface area contributed by atoms with Crippen LogP contribution in [-0.4, -0.2) is 31.1 Å². The Balaban J connectivity index is 2.10. The number of aryl methyl sites for hydroxylation is 2. The van der Waals surface area contributed by atoms with Crippen LogP contribution in [0.4, 0.5) is 11.4 Å². The molecule has 0 atom stereocenters. The molecule has 0 bridgehead atoms. The number of phenolic OH excluding ortho intramolecular Hbond substituents is 1. The first-order valence-corrected chi connectivity index (χ1v) is 9.37. The zero-order valence-electron chi connectivity index (χ0n) is 17.5. The van der Waals surface area contributed by atoms with Gasteiger partial charge in [-0.2, -0.15) is 9.78 Å². The van der Waals surface area contributed by atoms with Crippen LogP contribution < -0.4 is 0 Å². The number of nitrogens with zero attached hydrogens (tertiary/aromatic N) is 4. The van der Waals surface area contributed by atoms with Crippen LogP contribution in [0.5, 0.6) is 11.6 Å². The molecule has 0 aliphatic heterocycles. The second-order valence-electron chi connectivity index (χ2n) is 8.16. The third-order valence-corrected chi connectivity index (χ3v) is 4.76. The number of rotatable bonds is 4. The highest BCUT2D eigenvalue weighted by atomic mass is 16.4. The molecule has 3 aromatic rings. The molecule has 0 radical (unpaired) electrons. The molecule has 156 valence electrons. The van der Waals surface area contributed by atoms with Gasteiger partial charge in [0.1, 0.15) is 11.4 Å². The number of benzene rings is 2. The van der Waals surface area contributed by atoms with Gasteiger partial charge in [-0.1, -0.05) is 26.8 Å². The number of phenols is 1. The van der Waals surface area contributed by atoms with Gasteiger partial charge in [0.05, 0.1) is 16.9 Å². The van der Waals surface area contributed by atoms with Gasteiger partial charge in [0.2, 0.25) is 5.88 Å². The minimum absolute atomic E-state index is 0.0627. The van der Waals surface area contributed by atoms with E-state index in [1.54, 1.807) is 0 Å². The third-order valence-electron chi connectivity index (χ3n) is 4.76. The smallest absolute Gasteiger partial charge is 0.335 e. The van der Waals surface area contributed by atoms with E-state index in [0.29, 0.717) is 11.4 Å². The van der Waals surface area contributed by atoms with Crippen LogP contribution >= 0.6 is 0 Å². The number of aromatic nitrogens is 2. The van der Waals surface area contributed by atoms with E-state index in [4.69, 9.17) is 5.11 Å². The molecule has 8 nitrogen and oxygen atoms in total. The van der Waals surface area contributed by atoms with Crippen molar-refractivity contribution >= 4 is 17.3 Å². The molecule has 0 amide bonds. The quantitative estimate of drug-likeness (QED) is 0.505. The minimum Gasteiger partial charge on any atom is -0.506 e. The maximum Gasteiger partial charge on any atom is 0.335 e. The van der Waals surface area contributed by atoms with Crippen LogP contribution in [0.15, 0.2) is 46.6 Å². The van der Waals surface area contributed by atoms with Crippen LogP contribution in [0, 0.1) is 13.8 Å². The second kappa shape index (κ2) is 7.62. The van der Waals surface area contributed by atoms with E-state index in [0.717, 1.165) is 17.2 Å². The van der Waals surface area contributed by atoms with Gasteiger partial charge in [0.15, 0.2) is 5.69 Å². The van der Waals surface area contributed by atoms with Gasteiger partial charge >= 0.3 is 5.97 Å². The topological polar surface area (TPSA) is 120 Å². The molecule has 3 N–H and O–H groups in total. The number of aromatic hydroxyl groups is 2. The van der Waals surface area contributed by atoms with E-state index in [2.05, 4.69) is 15.3 Å². The Labute approximate surface area is 174 Å². The van der Waals surface area contributed by atoms with Crippen molar-refractivity contribution in [3.05, 3.63) is 58.8 Å². The summed E-state index contributed by atoms with van der Waals surface area (Å²) in [6.45, 7) is 9.81. The highest BCUT2D eigenvalue weighted by Crippen LogP contribution is 2.41. The number of hydrogen-bond donors (Lipinski definition) is 3. The van der Waals surface area contributed by atoms with Crippen molar-refractivity contribution in [2.45, 2.75) is 40.0 Å². The molecule has 30 heavy (non-hydrogen) atoms. The monoisotopic (exact) mass is 408 g/mol. The lowest BCUT2D eigenvalue weighted by molar-refractivity contribution is 0.0696. The molecule has 0 aliphatic rings. The summed E-state index contributed by atoms with van der Waals surface area (Å²) >= 11 is 0. The summed E-state index contributed by atoms with van der Waals surface area (Å²) in [7, 11) is 0. The Hall–Kier alpha value is -3.68. The van der Waals surface area contributed by atoms with Crippen molar-refractivity contribution in [1.82, 2.24) is 9.78 Å². The molecule has 0 unspecified atom stereocenters. The molecule has 0 saturated carbocycles. The van der Waals surface area contributed by atoms with Crippen molar-refractivity contribution in [3.63, 3.8) is 0 Å². The Kier molecular flexibility index (Phi) is 5.35. The highest BCUT2D eigenvalue weighted by molar-refractivity contribution is 5.88. The Bertz CT molecular complexity index is 1160. The lowest BCUT2D eigenvalue weighted by atomic mass is 9.91. The number of carboxylic acids is 1. The van der Waals surface area contributed by atoms with Crippen LogP contribution in [0.25, 0.3) is 5.69 Å². The standard InChI is InChI=1S/C22H24N4O4/c1-12-6-8-15(10-13(12)2)26-20(28)18(19(25-26)22(3,4)5)24-23-16-9-7-14(21(29)30)11-17(16)27/h6-11,27-28H,1-5H3,(H,29,30). The molecule has 8 heteroatoms. The molecular formula is C22H24N4O4. The first-order valence-electron chi connectivity index (χ1n) is 9.37. The van der Waals surface area contributed by atoms with Crippen LogP contribution in [-0.2, 0) is 5.41 Å². The Morgan fingerprint density at radius 3 is 2.27 bits per heavy atom. The first kappa shape index (κ1) is 21.0. The summed E-state index contributed by atoms with van der Waals surface area (Å²) in [6.07, 6.45) is 0. The van der Waals surface area contributed by atoms with Gasteiger partial charge in [-0.25, -0.2) is 4.79 Å². The van der Waals surface area contributed by atoms with E-state index in [-0.39, 0.29) is 28.6 Å². The van der Waals surface area contributed by atoms with Crippen LogP contribution in [0.3, 0.4) is 0 Å². The van der Waals surface area contributed by atoms with Gasteiger partial charge in [-0.05, 0) is 55.3 Å². The SMILES string of the molecule is Cc1ccc(-n2nc(C(C)(C)C)c(N=Nc3ccc(C(=O)O)cc3O)c2O)cc1C. The predicted octanol–water partition coefficient (Wildman–Crippen LogP) is 5.31. The predicted molar refractivity (Wildman–Crippen MR) is 113 cm³/mol. The zero-order chi connectivity index (χ0) is 22.2. The average Bonchev–Trinajstić information content (AvgIpc) is 2.99. The van der Waals surface area contributed by atoms with Gasteiger partial charge in [-0.15, -0.1) is 10.2 Å². The fraction of sp³-hybridized carbons (Fsp3) is 0.273. The fourth-order valence-corrected chi connectivity index (χ4v) is 2.88. The number of azo groups is 1. The molecule has 0 fully saturated rings. The van der Waals surface area contributed by atoms with Crippen LogP contribution in [0.1, 0.15) is 48.0 Å². The zero-order valence-corrected chi connectivity index (χ0v) is 17.5. The summed E-state index contributed by atoms with van der Waals surface area (Å²) in [5, 5.41) is 42.7. The lowest BCUT2D eigenvalue weighted by Crippen LogP contribution is -2.13. The molecule has 0 aliphatic carbocycles. The summed E-state index contributed by atoms with van der Waals surface area (Å²) in [6, 6.07) is 9.50. The molecule has 0 spiro atoms. The number of hydrogen-bond acceptors (Lipinski definition) is 6. The van der Waals surface area contributed by atoms with Crippen molar-refractivity contribution in [3.8, 4) is 17.3 Å². The van der Waals surface area contributed by atoms with Crippen molar-refractivity contribution in [2.24, 2.45) is 10.2 Å². The number of aromatic carboxylic acids is 1. The van der Waals surface area contributed by atoms with Crippen LogP contribution in [0.2, 0.25) is 0 Å². The molecule has 1 aromatic heterocycles.